The van der Waals surface area contributed by atoms with Gasteiger partial charge in [0.05, 0.1) is 19.3 Å². The standard InChI is InChI=1S/C14H27N3O2/c18-13(10-17-5-7-19-8-6-17)9-15-14-11-16-3-1-12(14)2-4-16/h12-15,18H,1-11H2. The van der Waals surface area contributed by atoms with Crippen molar-refractivity contribution in [3.63, 3.8) is 0 Å². The Balaban J connectivity index is 1.37. The molecule has 0 radical (unpaired) electrons. The van der Waals surface area contributed by atoms with Crippen LogP contribution in [0.1, 0.15) is 12.8 Å². The van der Waals surface area contributed by atoms with Gasteiger partial charge in [-0.25, -0.2) is 0 Å². The van der Waals surface area contributed by atoms with Gasteiger partial charge in [0.2, 0.25) is 0 Å². The smallest absolute Gasteiger partial charge is 0.0791 e. The molecule has 4 aliphatic rings. The second kappa shape index (κ2) is 6.50. The van der Waals surface area contributed by atoms with Crippen LogP contribution in [0.5, 0.6) is 0 Å². The fraction of sp³-hybridized carbons (Fsp3) is 1.00. The quantitative estimate of drug-likeness (QED) is 0.695. The summed E-state index contributed by atoms with van der Waals surface area (Å²) in [5.41, 5.74) is 0. The highest BCUT2D eigenvalue weighted by Gasteiger charge is 2.33. The molecule has 0 aromatic rings. The van der Waals surface area contributed by atoms with E-state index in [0.717, 1.165) is 45.3 Å². The van der Waals surface area contributed by atoms with Crippen LogP contribution in [0.2, 0.25) is 0 Å². The first-order valence-electron chi connectivity index (χ1n) is 7.75. The Kier molecular flexibility index (Phi) is 4.71. The van der Waals surface area contributed by atoms with Crippen molar-refractivity contribution in [1.29, 1.82) is 0 Å². The van der Waals surface area contributed by atoms with Gasteiger partial charge in [-0.1, -0.05) is 0 Å². The molecule has 0 aromatic carbocycles. The summed E-state index contributed by atoms with van der Waals surface area (Å²) in [5.74, 6) is 0.834. The van der Waals surface area contributed by atoms with Crippen LogP contribution in [0.3, 0.4) is 0 Å². The summed E-state index contributed by atoms with van der Waals surface area (Å²) in [6.07, 6.45) is 2.41. The molecule has 0 spiro atoms. The molecule has 0 saturated carbocycles. The summed E-state index contributed by atoms with van der Waals surface area (Å²) in [4.78, 5) is 4.85. The third-order valence-corrected chi connectivity index (χ3v) is 4.84. The van der Waals surface area contributed by atoms with Crippen LogP contribution in [0, 0.1) is 5.92 Å². The van der Waals surface area contributed by atoms with Crippen molar-refractivity contribution in [2.75, 3.05) is 59.0 Å². The average Bonchev–Trinajstić information content (AvgIpc) is 2.47. The lowest BCUT2D eigenvalue weighted by atomic mass is 9.84. The SMILES string of the molecule is OC(CNC1CN2CCC1CC2)CN1CCOCC1. The molecule has 19 heavy (non-hydrogen) atoms. The first-order chi connectivity index (χ1) is 9.31. The predicted octanol–water partition coefficient (Wildman–Crippen LogP) is -0.637. The zero-order chi connectivity index (χ0) is 13.1. The molecule has 4 rings (SSSR count). The van der Waals surface area contributed by atoms with E-state index in [2.05, 4.69) is 15.1 Å². The second-order valence-electron chi connectivity index (χ2n) is 6.22. The molecule has 2 bridgehead atoms. The number of fused-ring (bicyclic) bond motifs is 3. The lowest BCUT2D eigenvalue weighted by molar-refractivity contribution is 0.0112. The van der Waals surface area contributed by atoms with Gasteiger partial charge in [0.15, 0.2) is 0 Å². The van der Waals surface area contributed by atoms with Crippen LogP contribution in [0.15, 0.2) is 0 Å². The highest BCUT2D eigenvalue weighted by molar-refractivity contribution is 4.91. The number of β-amino-alcohol motifs (C(OH)–C–C–N with tert-alkyl or cyclic N) is 1. The molecule has 0 aliphatic carbocycles. The Morgan fingerprint density at radius 3 is 2.53 bits per heavy atom. The number of rotatable bonds is 5. The molecule has 110 valence electrons. The molecule has 0 aromatic heterocycles. The largest absolute Gasteiger partial charge is 0.390 e. The number of nitrogens with one attached hydrogen (secondary N) is 1. The van der Waals surface area contributed by atoms with E-state index in [1.807, 2.05) is 0 Å². The zero-order valence-corrected chi connectivity index (χ0v) is 11.8. The number of aliphatic hydroxyl groups is 1. The van der Waals surface area contributed by atoms with Crippen molar-refractivity contribution in [1.82, 2.24) is 15.1 Å². The highest BCUT2D eigenvalue weighted by Crippen LogP contribution is 2.27. The van der Waals surface area contributed by atoms with Crippen LogP contribution in [0.25, 0.3) is 0 Å². The molecular formula is C14H27N3O2. The van der Waals surface area contributed by atoms with E-state index >= 15 is 0 Å². The van der Waals surface area contributed by atoms with Crippen LogP contribution < -0.4 is 5.32 Å². The number of ether oxygens (including phenoxy) is 1. The van der Waals surface area contributed by atoms with Gasteiger partial charge in [-0.2, -0.15) is 0 Å². The molecule has 2 N–H and O–H groups in total. The third-order valence-electron chi connectivity index (χ3n) is 4.84. The van der Waals surface area contributed by atoms with Crippen molar-refractivity contribution in [2.45, 2.75) is 25.0 Å². The van der Waals surface area contributed by atoms with Gasteiger partial charge in [0, 0.05) is 38.8 Å². The normalized spacial score (nSPS) is 37.4. The number of piperidine rings is 3. The molecule has 4 fully saturated rings. The second-order valence-corrected chi connectivity index (χ2v) is 6.22. The van der Waals surface area contributed by atoms with E-state index in [9.17, 15) is 5.11 Å². The molecule has 4 heterocycles. The van der Waals surface area contributed by atoms with Crippen molar-refractivity contribution in [3.8, 4) is 0 Å². The van der Waals surface area contributed by atoms with Gasteiger partial charge >= 0.3 is 0 Å². The summed E-state index contributed by atoms with van der Waals surface area (Å²) in [6, 6.07) is 0.599. The zero-order valence-electron chi connectivity index (χ0n) is 11.8. The van der Waals surface area contributed by atoms with Crippen LogP contribution in [0.4, 0.5) is 0 Å². The Morgan fingerprint density at radius 1 is 1.16 bits per heavy atom. The van der Waals surface area contributed by atoms with Crippen LogP contribution >= 0.6 is 0 Å². The van der Waals surface area contributed by atoms with Crippen LogP contribution in [-0.4, -0.2) is 86.1 Å². The maximum atomic E-state index is 10.1. The molecule has 4 aliphatic heterocycles. The molecular weight excluding hydrogens is 242 g/mol. The van der Waals surface area contributed by atoms with Gasteiger partial charge in [0.1, 0.15) is 0 Å². The number of hydrogen-bond acceptors (Lipinski definition) is 5. The monoisotopic (exact) mass is 269 g/mol. The molecule has 4 saturated heterocycles. The predicted molar refractivity (Wildman–Crippen MR) is 74.2 cm³/mol. The summed E-state index contributed by atoms with van der Waals surface area (Å²) in [7, 11) is 0. The first kappa shape index (κ1) is 13.8. The van der Waals surface area contributed by atoms with Crippen molar-refractivity contribution < 1.29 is 9.84 Å². The van der Waals surface area contributed by atoms with Gasteiger partial charge in [0.25, 0.3) is 0 Å². The first-order valence-corrected chi connectivity index (χ1v) is 7.75. The minimum absolute atomic E-state index is 0.256. The lowest BCUT2D eigenvalue weighted by Crippen LogP contribution is -2.57. The summed E-state index contributed by atoms with van der Waals surface area (Å²) >= 11 is 0. The fourth-order valence-electron chi connectivity index (χ4n) is 3.63. The van der Waals surface area contributed by atoms with Gasteiger partial charge in [-0.15, -0.1) is 0 Å². The molecule has 5 heteroatoms. The lowest BCUT2D eigenvalue weighted by Gasteiger charge is -2.45. The Hall–Kier alpha value is -0.200. The van der Waals surface area contributed by atoms with E-state index in [4.69, 9.17) is 4.74 Å². The van der Waals surface area contributed by atoms with E-state index in [0.29, 0.717) is 6.04 Å². The van der Waals surface area contributed by atoms with E-state index in [-0.39, 0.29) is 6.10 Å². The van der Waals surface area contributed by atoms with E-state index in [1.165, 1.54) is 32.5 Å². The Labute approximate surface area is 115 Å². The summed E-state index contributed by atoms with van der Waals surface area (Å²) in [5, 5.41) is 13.7. The third kappa shape index (κ3) is 3.67. The Morgan fingerprint density at radius 2 is 1.89 bits per heavy atom. The van der Waals surface area contributed by atoms with Gasteiger partial charge in [-0.3, -0.25) is 4.90 Å². The number of morpholine rings is 1. The maximum Gasteiger partial charge on any atom is 0.0791 e. The fourth-order valence-corrected chi connectivity index (χ4v) is 3.63. The number of hydrogen-bond donors (Lipinski definition) is 2. The molecule has 0 amide bonds. The summed E-state index contributed by atoms with van der Waals surface area (Å²) < 4.78 is 5.33. The highest BCUT2D eigenvalue weighted by atomic mass is 16.5. The number of nitrogens with zero attached hydrogens (tertiary/aromatic N) is 2. The number of aliphatic hydroxyl groups excluding tert-OH is 1. The molecule has 2 atom stereocenters. The maximum absolute atomic E-state index is 10.1. The van der Waals surface area contributed by atoms with Crippen LogP contribution in [-0.2, 0) is 4.74 Å². The Bertz CT molecular complexity index is 276. The van der Waals surface area contributed by atoms with E-state index in [1.54, 1.807) is 0 Å². The topological polar surface area (TPSA) is 48.0 Å². The van der Waals surface area contributed by atoms with E-state index < -0.39 is 0 Å². The van der Waals surface area contributed by atoms with Gasteiger partial charge < -0.3 is 20.1 Å². The van der Waals surface area contributed by atoms with Crippen molar-refractivity contribution >= 4 is 0 Å². The average molecular weight is 269 g/mol. The summed E-state index contributed by atoms with van der Waals surface area (Å²) in [6.45, 7) is 8.75. The van der Waals surface area contributed by atoms with Crippen molar-refractivity contribution in [3.05, 3.63) is 0 Å². The molecule has 5 nitrogen and oxygen atoms in total. The van der Waals surface area contributed by atoms with Gasteiger partial charge in [-0.05, 0) is 31.8 Å². The minimum atomic E-state index is -0.256. The van der Waals surface area contributed by atoms with Crippen molar-refractivity contribution in [2.24, 2.45) is 5.92 Å². The minimum Gasteiger partial charge on any atom is -0.390 e. The molecule has 2 unspecified atom stereocenters.